The molecule has 4 heteroatoms. The molecule has 0 heterocycles. The van der Waals surface area contributed by atoms with Gasteiger partial charge in [-0.05, 0) is 18.3 Å². The number of carboxylic acids is 1. The van der Waals surface area contributed by atoms with Crippen molar-refractivity contribution in [2.75, 3.05) is 0 Å². The van der Waals surface area contributed by atoms with E-state index in [1.807, 2.05) is 20.8 Å². The van der Waals surface area contributed by atoms with Gasteiger partial charge in [0.15, 0.2) is 0 Å². The van der Waals surface area contributed by atoms with E-state index >= 15 is 0 Å². The first kappa shape index (κ1) is 10.5. The molecule has 0 amide bonds. The summed E-state index contributed by atoms with van der Waals surface area (Å²) in [6.45, 7) is 5.97. The number of oxime groups is 1. The molecule has 0 aromatic rings. The second kappa shape index (κ2) is 2.54. The van der Waals surface area contributed by atoms with Crippen molar-refractivity contribution in [3.05, 3.63) is 0 Å². The number of rotatable bonds is 1. The average Bonchev–Trinajstić information content (AvgIpc) is 2.46. The van der Waals surface area contributed by atoms with Gasteiger partial charge in [0.1, 0.15) is 0 Å². The Labute approximate surface area is 89.0 Å². The van der Waals surface area contributed by atoms with Crippen LogP contribution >= 0.6 is 0 Å². The Morgan fingerprint density at radius 3 is 2.27 bits per heavy atom. The summed E-state index contributed by atoms with van der Waals surface area (Å²) in [6, 6.07) is 0. The summed E-state index contributed by atoms with van der Waals surface area (Å²) < 4.78 is 0. The molecule has 0 aromatic heterocycles. The predicted molar refractivity (Wildman–Crippen MR) is 55.0 cm³/mol. The highest BCUT2D eigenvalue weighted by molar-refractivity contribution is 6.00. The van der Waals surface area contributed by atoms with Crippen LogP contribution in [0, 0.1) is 16.2 Å². The maximum Gasteiger partial charge on any atom is 0.310 e. The molecule has 4 nitrogen and oxygen atoms in total. The Kier molecular flexibility index (Phi) is 1.77. The average molecular weight is 211 g/mol. The molecule has 2 rings (SSSR count). The van der Waals surface area contributed by atoms with Gasteiger partial charge in [0.2, 0.25) is 0 Å². The summed E-state index contributed by atoms with van der Waals surface area (Å²) in [7, 11) is 0. The molecule has 84 valence electrons. The fraction of sp³-hybridized carbons (Fsp3) is 0.818. The summed E-state index contributed by atoms with van der Waals surface area (Å²) in [4.78, 5) is 11.5. The van der Waals surface area contributed by atoms with Crippen molar-refractivity contribution in [1.82, 2.24) is 0 Å². The quantitative estimate of drug-likeness (QED) is 0.515. The normalized spacial score (nSPS) is 44.9. The van der Waals surface area contributed by atoms with Crippen LogP contribution in [0.25, 0.3) is 0 Å². The van der Waals surface area contributed by atoms with E-state index in [1.54, 1.807) is 0 Å². The zero-order chi connectivity index (χ0) is 11.5. The minimum Gasteiger partial charge on any atom is -0.481 e. The largest absolute Gasteiger partial charge is 0.481 e. The minimum atomic E-state index is -0.755. The summed E-state index contributed by atoms with van der Waals surface area (Å²) >= 11 is 0. The maximum atomic E-state index is 11.5. The molecule has 0 aliphatic heterocycles. The molecule has 0 unspecified atom stereocenters. The highest BCUT2D eigenvalue weighted by Crippen LogP contribution is 2.70. The summed E-state index contributed by atoms with van der Waals surface area (Å²) in [5.41, 5.74) is -0.683. The monoisotopic (exact) mass is 211 g/mol. The van der Waals surface area contributed by atoms with Crippen LogP contribution in [0.2, 0.25) is 0 Å². The molecular formula is C11H17NO3. The van der Waals surface area contributed by atoms with Gasteiger partial charge in [-0.15, -0.1) is 0 Å². The van der Waals surface area contributed by atoms with Gasteiger partial charge in [0.25, 0.3) is 0 Å². The molecule has 0 spiro atoms. The number of nitrogens with zero attached hydrogens (tertiary/aromatic N) is 1. The summed E-state index contributed by atoms with van der Waals surface area (Å²) in [5, 5.41) is 21.7. The smallest absolute Gasteiger partial charge is 0.310 e. The molecule has 15 heavy (non-hydrogen) atoms. The molecular weight excluding hydrogens is 194 g/mol. The van der Waals surface area contributed by atoms with Gasteiger partial charge in [-0.25, -0.2) is 0 Å². The van der Waals surface area contributed by atoms with Gasteiger partial charge in [0, 0.05) is 11.8 Å². The fourth-order valence-electron chi connectivity index (χ4n) is 3.51. The van der Waals surface area contributed by atoms with E-state index in [-0.39, 0.29) is 10.8 Å². The first-order chi connectivity index (χ1) is 6.82. The Balaban J connectivity index is 2.61. The van der Waals surface area contributed by atoms with Gasteiger partial charge in [-0.1, -0.05) is 25.9 Å². The lowest BCUT2D eigenvalue weighted by Crippen LogP contribution is -2.40. The molecule has 0 aromatic carbocycles. The zero-order valence-electron chi connectivity index (χ0n) is 9.37. The number of hydrogen-bond acceptors (Lipinski definition) is 3. The van der Waals surface area contributed by atoms with Crippen LogP contribution in [0.4, 0.5) is 0 Å². The van der Waals surface area contributed by atoms with Crippen molar-refractivity contribution < 1.29 is 15.1 Å². The van der Waals surface area contributed by atoms with E-state index in [0.717, 1.165) is 6.42 Å². The summed E-state index contributed by atoms with van der Waals surface area (Å²) in [6.07, 6.45) is 1.87. The molecule has 0 saturated heterocycles. The molecule has 2 atom stereocenters. The number of carboxylic acid groups (broad SMARTS) is 1. The van der Waals surface area contributed by atoms with Gasteiger partial charge < -0.3 is 10.3 Å². The van der Waals surface area contributed by atoms with Crippen molar-refractivity contribution in [2.24, 2.45) is 21.4 Å². The zero-order valence-corrected chi connectivity index (χ0v) is 9.37. The molecule has 2 aliphatic carbocycles. The predicted octanol–water partition coefficient (Wildman–Crippen LogP) is 2.12. The lowest BCUT2D eigenvalue weighted by atomic mass is 9.65. The third-order valence-electron chi connectivity index (χ3n) is 5.26. The Bertz CT molecular complexity index is 361. The van der Waals surface area contributed by atoms with Gasteiger partial charge in [-0.2, -0.15) is 0 Å². The van der Waals surface area contributed by atoms with E-state index in [9.17, 15) is 9.90 Å². The number of hydrogen-bond donors (Lipinski definition) is 2. The molecule has 2 bridgehead atoms. The first-order valence-electron chi connectivity index (χ1n) is 5.27. The SMILES string of the molecule is CC1(C)[C@@]2(C(=O)O)CC[C@]1(C)C(=NO)C2. The van der Waals surface area contributed by atoms with Crippen LogP contribution in [0.3, 0.4) is 0 Å². The lowest BCUT2D eigenvalue weighted by Gasteiger charge is -2.37. The number of carbonyl (C=O) groups is 1. The minimum absolute atomic E-state index is 0.264. The van der Waals surface area contributed by atoms with E-state index in [4.69, 9.17) is 5.21 Å². The highest BCUT2D eigenvalue weighted by Gasteiger charge is 2.72. The van der Waals surface area contributed by atoms with Gasteiger partial charge in [0.05, 0.1) is 11.1 Å². The Morgan fingerprint density at radius 2 is 1.93 bits per heavy atom. The van der Waals surface area contributed by atoms with Crippen molar-refractivity contribution in [3.63, 3.8) is 0 Å². The van der Waals surface area contributed by atoms with Crippen LogP contribution in [0.5, 0.6) is 0 Å². The van der Waals surface area contributed by atoms with E-state index in [2.05, 4.69) is 5.16 Å². The van der Waals surface area contributed by atoms with Crippen molar-refractivity contribution >= 4 is 11.7 Å². The maximum absolute atomic E-state index is 11.5. The van der Waals surface area contributed by atoms with E-state index in [1.165, 1.54) is 0 Å². The van der Waals surface area contributed by atoms with Crippen molar-refractivity contribution in [1.29, 1.82) is 0 Å². The van der Waals surface area contributed by atoms with Crippen LogP contribution in [-0.4, -0.2) is 22.0 Å². The van der Waals surface area contributed by atoms with E-state index < -0.39 is 11.4 Å². The first-order valence-corrected chi connectivity index (χ1v) is 5.27. The third kappa shape index (κ3) is 0.840. The van der Waals surface area contributed by atoms with Gasteiger partial charge >= 0.3 is 5.97 Å². The Hall–Kier alpha value is -1.06. The molecule has 2 N–H and O–H groups in total. The van der Waals surface area contributed by atoms with Crippen LogP contribution in [0.15, 0.2) is 5.16 Å². The molecule has 0 radical (unpaired) electrons. The van der Waals surface area contributed by atoms with Gasteiger partial charge in [-0.3, -0.25) is 4.79 Å². The lowest BCUT2D eigenvalue weighted by molar-refractivity contribution is -0.154. The number of fused-ring (bicyclic) bond motifs is 2. The third-order valence-corrected chi connectivity index (χ3v) is 5.26. The molecule has 2 fully saturated rings. The highest BCUT2D eigenvalue weighted by atomic mass is 16.4. The number of aliphatic carboxylic acids is 1. The van der Waals surface area contributed by atoms with E-state index in [0.29, 0.717) is 18.6 Å². The summed E-state index contributed by atoms with van der Waals surface area (Å²) in [5.74, 6) is -0.755. The van der Waals surface area contributed by atoms with Crippen molar-refractivity contribution in [3.8, 4) is 0 Å². The van der Waals surface area contributed by atoms with Crippen molar-refractivity contribution in [2.45, 2.75) is 40.0 Å². The fourth-order valence-corrected chi connectivity index (χ4v) is 3.51. The second-order valence-electron chi connectivity index (χ2n) is 5.57. The molecule has 2 aliphatic rings. The standard InChI is InChI=1S/C11H17NO3/c1-9(2)10(3)4-5-11(9,8(13)14)6-7(10)12-15/h15H,4-6H2,1-3H3,(H,13,14)/t10-,11+/m1/s1. The molecule has 2 saturated carbocycles. The van der Waals surface area contributed by atoms with Crippen LogP contribution in [-0.2, 0) is 4.79 Å². The van der Waals surface area contributed by atoms with Crippen LogP contribution in [0.1, 0.15) is 40.0 Å². The second-order valence-corrected chi connectivity index (χ2v) is 5.57. The topological polar surface area (TPSA) is 69.9 Å². The van der Waals surface area contributed by atoms with Crippen LogP contribution < -0.4 is 0 Å². The Morgan fingerprint density at radius 1 is 1.33 bits per heavy atom.